The van der Waals surface area contributed by atoms with Gasteiger partial charge < -0.3 is 24.4 Å². The molecule has 14 heteroatoms. The molecule has 238 valence electrons. The van der Waals surface area contributed by atoms with Gasteiger partial charge in [0.15, 0.2) is 17.3 Å². The Labute approximate surface area is 261 Å². The SMILES string of the molecule is C=C(F)C(=O)N1CCN(c2nc(OCC3(CN(C)C)CC3)nc3nc(-c4[nH]c(=O)cc5cccc(F)c45)c(F)cc23)C[C@@H]1CC#N. The van der Waals surface area contributed by atoms with Crippen LogP contribution in [0.5, 0.6) is 6.01 Å². The van der Waals surface area contributed by atoms with E-state index < -0.39 is 35.0 Å². The van der Waals surface area contributed by atoms with Crippen LogP contribution in [0.25, 0.3) is 33.2 Å². The summed E-state index contributed by atoms with van der Waals surface area (Å²) in [6, 6.07) is 7.88. The van der Waals surface area contributed by atoms with Crippen LogP contribution in [0.3, 0.4) is 0 Å². The predicted molar refractivity (Wildman–Crippen MR) is 165 cm³/mol. The first-order valence-electron chi connectivity index (χ1n) is 14.7. The molecule has 1 aliphatic heterocycles. The van der Waals surface area contributed by atoms with Gasteiger partial charge in [0.25, 0.3) is 5.91 Å². The Bertz CT molecular complexity index is 1970. The molecule has 1 saturated heterocycles. The second-order valence-corrected chi connectivity index (χ2v) is 12.1. The molecule has 1 atom stereocenters. The van der Waals surface area contributed by atoms with Crippen LogP contribution in [0.4, 0.5) is 19.0 Å². The first-order valence-corrected chi connectivity index (χ1v) is 14.7. The number of ether oxygens (including phenoxy) is 1. The van der Waals surface area contributed by atoms with Crippen molar-refractivity contribution in [1.29, 1.82) is 5.26 Å². The molecule has 0 radical (unpaired) electrons. The number of carbonyl (C=O) groups is 1. The van der Waals surface area contributed by atoms with E-state index in [0.29, 0.717) is 6.61 Å². The minimum absolute atomic E-state index is 0.00690. The Morgan fingerprint density at radius 2 is 1.98 bits per heavy atom. The summed E-state index contributed by atoms with van der Waals surface area (Å²) in [4.78, 5) is 46.2. The van der Waals surface area contributed by atoms with Crippen molar-refractivity contribution >= 4 is 33.5 Å². The molecule has 2 aliphatic rings. The maximum atomic E-state index is 16.0. The number of pyridine rings is 2. The standard InChI is InChI=1S/C32H31F3N8O3/c1-18(33)30(45)43-12-11-42(15-20(43)7-10-36)29-21-14-23(35)26(27-25-19(13-24(44)37-27)5-4-6-22(25)34)38-28(21)39-31(40-29)46-17-32(8-9-32)16-41(2)3/h4-6,13-14,20H,1,7-9,11-12,15-17H2,2-3H3,(H,37,44)/t20-/m0/s1. The molecule has 1 aromatic carbocycles. The highest BCUT2D eigenvalue weighted by atomic mass is 19.1. The minimum Gasteiger partial charge on any atom is -0.463 e. The number of carbonyl (C=O) groups excluding carboxylic acids is 1. The van der Waals surface area contributed by atoms with E-state index in [-0.39, 0.29) is 76.5 Å². The minimum atomic E-state index is -1.13. The number of nitrogens with one attached hydrogen (secondary N) is 1. The van der Waals surface area contributed by atoms with Crippen LogP contribution in [0.15, 0.2) is 47.5 Å². The Hall–Kier alpha value is -5.03. The van der Waals surface area contributed by atoms with Gasteiger partial charge in [0.2, 0.25) is 5.56 Å². The van der Waals surface area contributed by atoms with Crippen molar-refractivity contribution in [1.82, 2.24) is 29.7 Å². The van der Waals surface area contributed by atoms with Crippen LogP contribution in [0, 0.1) is 28.4 Å². The highest BCUT2D eigenvalue weighted by Gasteiger charge is 2.44. The Kier molecular flexibility index (Phi) is 8.11. The highest BCUT2D eigenvalue weighted by molar-refractivity contribution is 5.96. The van der Waals surface area contributed by atoms with Crippen molar-refractivity contribution < 1.29 is 22.7 Å². The van der Waals surface area contributed by atoms with E-state index in [1.807, 2.05) is 20.2 Å². The van der Waals surface area contributed by atoms with Gasteiger partial charge in [0.05, 0.1) is 36.2 Å². The third-order valence-electron chi connectivity index (χ3n) is 8.39. The number of piperazine rings is 1. The number of nitrogens with zero attached hydrogens (tertiary/aromatic N) is 7. The second-order valence-electron chi connectivity index (χ2n) is 12.1. The van der Waals surface area contributed by atoms with Gasteiger partial charge in [-0.2, -0.15) is 15.2 Å². The molecule has 4 aromatic rings. The van der Waals surface area contributed by atoms with Gasteiger partial charge in [-0.05, 0) is 44.5 Å². The first-order chi connectivity index (χ1) is 22.0. The molecule has 3 aromatic heterocycles. The largest absolute Gasteiger partial charge is 0.463 e. The van der Waals surface area contributed by atoms with E-state index in [4.69, 9.17) is 4.74 Å². The van der Waals surface area contributed by atoms with E-state index in [2.05, 4.69) is 31.4 Å². The lowest BCUT2D eigenvalue weighted by Crippen LogP contribution is -2.55. The number of H-pyrrole nitrogens is 1. The third-order valence-corrected chi connectivity index (χ3v) is 8.39. The van der Waals surface area contributed by atoms with Gasteiger partial charge in [-0.25, -0.2) is 18.2 Å². The van der Waals surface area contributed by atoms with Crippen LogP contribution in [0.1, 0.15) is 19.3 Å². The lowest BCUT2D eigenvalue weighted by Gasteiger charge is -2.41. The predicted octanol–water partition coefficient (Wildman–Crippen LogP) is 3.95. The molecule has 0 bridgehead atoms. The average molecular weight is 633 g/mol. The summed E-state index contributed by atoms with van der Waals surface area (Å²) >= 11 is 0. The zero-order valence-electron chi connectivity index (χ0n) is 25.3. The zero-order chi connectivity index (χ0) is 32.7. The van der Waals surface area contributed by atoms with Crippen LogP contribution in [-0.2, 0) is 4.79 Å². The fourth-order valence-electron chi connectivity index (χ4n) is 6.11. The lowest BCUT2D eigenvalue weighted by atomic mass is 10.1. The number of benzene rings is 1. The summed E-state index contributed by atoms with van der Waals surface area (Å²) in [7, 11) is 3.96. The highest BCUT2D eigenvalue weighted by Crippen LogP contribution is 2.46. The Morgan fingerprint density at radius 3 is 2.67 bits per heavy atom. The molecule has 11 nitrogen and oxygen atoms in total. The molecule has 4 heterocycles. The summed E-state index contributed by atoms with van der Waals surface area (Å²) in [5.74, 6) is -3.33. The molecule has 1 amide bonds. The topological polar surface area (TPSA) is 131 Å². The lowest BCUT2D eigenvalue weighted by molar-refractivity contribution is -0.131. The van der Waals surface area contributed by atoms with Crippen LogP contribution >= 0.6 is 0 Å². The molecule has 1 aliphatic carbocycles. The average Bonchev–Trinajstić information content (AvgIpc) is 3.77. The van der Waals surface area contributed by atoms with Crippen LogP contribution < -0.4 is 15.2 Å². The molecule has 46 heavy (non-hydrogen) atoms. The number of anilines is 1. The smallest absolute Gasteiger partial charge is 0.320 e. The molecule has 2 fully saturated rings. The number of rotatable bonds is 9. The summed E-state index contributed by atoms with van der Waals surface area (Å²) in [6.45, 7) is 4.52. The van der Waals surface area contributed by atoms with Gasteiger partial charge in [0.1, 0.15) is 17.3 Å². The van der Waals surface area contributed by atoms with Crippen molar-refractivity contribution in [2.24, 2.45) is 5.41 Å². The Balaban J connectivity index is 1.47. The molecule has 0 spiro atoms. The Morgan fingerprint density at radius 1 is 1.20 bits per heavy atom. The van der Waals surface area contributed by atoms with Gasteiger partial charge in [-0.1, -0.05) is 18.7 Å². The fourth-order valence-corrected chi connectivity index (χ4v) is 6.11. The quantitative estimate of drug-likeness (QED) is 0.273. The van der Waals surface area contributed by atoms with Crippen molar-refractivity contribution in [2.75, 3.05) is 51.8 Å². The number of hydrogen-bond acceptors (Lipinski definition) is 9. The number of aromatic nitrogens is 4. The van der Waals surface area contributed by atoms with Gasteiger partial charge in [-0.15, -0.1) is 0 Å². The van der Waals surface area contributed by atoms with E-state index >= 15 is 8.78 Å². The first kappa shape index (κ1) is 31.0. The number of aromatic amines is 1. The van der Waals surface area contributed by atoms with Gasteiger partial charge in [0, 0.05) is 43.0 Å². The molecular weight excluding hydrogens is 601 g/mol. The van der Waals surface area contributed by atoms with Crippen molar-refractivity contribution in [3.8, 4) is 23.5 Å². The second kappa shape index (κ2) is 12.1. The molecule has 6 rings (SSSR count). The fraction of sp³-hybridized carbons (Fsp3) is 0.375. The summed E-state index contributed by atoms with van der Waals surface area (Å²) in [5.41, 5.74) is -1.07. The monoisotopic (exact) mass is 632 g/mol. The van der Waals surface area contributed by atoms with Crippen molar-refractivity contribution in [2.45, 2.75) is 25.3 Å². The number of nitriles is 1. The number of halogens is 3. The number of fused-ring (bicyclic) bond motifs is 2. The van der Waals surface area contributed by atoms with Crippen LogP contribution in [-0.4, -0.2) is 88.6 Å². The molecule has 1 N–H and O–H groups in total. The van der Waals surface area contributed by atoms with E-state index in [9.17, 15) is 19.2 Å². The molecule has 0 unspecified atom stereocenters. The maximum absolute atomic E-state index is 16.0. The maximum Gasteiger partial charge on any atom is 0.320 e. The van der Waals surface area contributed by atoms with Gasteiger partial charge in [-0.3, -0.25) is 9.59 Å². The normalized spacial score (nSPS) is 17.4. The summed E-state index contributed by atoms with van der Waals surface area (Å²) < 4.78 is 50.9. The molecule has 1 saturated carbocycles. The van der Waals surface area contributed by atoms with E-state index in [1.165, 1.54) is 23.1 Å². The van der Waals surface area contributed by atoms with E-state index in [1.54, 1.807) is 11.0 Å². The molecular formula is C32H31F3N8O3. The zero-order valence-corrected chi connectivity index (χ0v) is 25.3. The van der Waals surface area contributed by atoms with Crippen LogP contribution in [0.2, 0.25) is 0 Å². The summed E-state index contributed by atoms with van der Waals surface area (Å²) in [5, 5.41) is 9.91. The number of amides is 1. The summed E-state index contributed by atoms with van der Waals surface area (Å²) in [6.07, 6.45) is 1.83. The van der Waals surface area contributed by atoms with Crippen molar-refractivity contribution in [3.63, 3.8) is 0 Å². The third kappa shape index (κ3) is 5.97. The number of hydrogen-bond donors (Lipinski definition) is 1. The van der Waals surface area contributed by atoms with E-state index in [0.717, 1.165) is 25.5 Å². The van der Waals surface area contributed by atoms with Gasteiger partial charge >= 0.3 is 6.01 Å². The van der Waals surface area contributed by atoms with Crippen molar-refractivity contribution in [3.05, 3.63) is 64.7 Å².